The molecule has 0 aliphatic heterocycles. The molecule has 21 aromatic rings. The lowest BCUT2D eigenvalue weighted by molar-refractivity contribution is 0.736. The van der Waals surface area contributed by atoms with Gasteiger partial charge in [0.15, 0.2) is 0 Å². The number of hydrogen-bond acceptors (Lipinski definition) is 14. The third kappa shape index (κ3) is 32.5. The van der Waals surface area contributed by atoms with Gasteiger partial charge < -0.3 is 0 Å². The van der Waals surface area contributed by atoms with E-state index in [1.165, 1.54) is 97.0 Å². The largest absolute Gasteiger partial charge is 0.264 e. The molecule has 0 N–H and O–H groups in total. The summed E-state index contributed by atoms with van der Waals surface area (Å²) in [5.41, 5.74) is 18.8. The molecule has 14 nitrogen and oxygen atoms in total. The summed E-state index contributed by atoms with van der Waals surface area (Å²) in [6.07, 6.45) is 18.7. The number of fused-ring (bicyclic) bond motifs is 21. The minimum absolute atomic E-state index is 0.833. The molecular weight excluding hydrogens is 1670 g/mol. The minimum Gasteiger partial charge on any atom is -0.264 e. The number of hydrogen-bond donors (Lipinski definition) is 0. The summed E-state index contributed by atoms with van der Waals surface area (Å²) >= 11 is 0. The molecule has 0 bridgehead atoms. The fourth-order valence-corrected chi connectivity index (χ4v) is 14.7. The van der Waals surface area contributed by atoms with Gasteiger partial charge in [-0.3, -0.25) is 69.8 Å². The van der Waals surface area contributed by atoms with Crippen molar-refractivity contribution in [2.45, 2.75) is 222 Å². The molecule has 14 heterocycles. The second kappa shape index (κ2) is 53.5. The van der Waals surface area contributed by atoms with Crippen molar-refractivity contribution in [2.75, 3.05) is 0 Å². The third-order valence-corrected chi connectivity index (χ3v) is 19.7. The Kier molecular flexibility index (Phi) is 42.4. The van der Waals surface area contributed by atoms with Crippen molar-refractivity contribution < 1.29 is 0 Å². The number of rotatable bonds is 0. The summed E-state index contributed by atoms with van der Waals surface area (Å²) < 4.78 is 0. The molecule has 0 aliphatic carbocycles. The molecule has 0 unspecified atom stereocenters. The molecular formula is C123H148N14. The van der Waals surface area contributed by atoms with E-state index < -0.39 is 0 Å². The van der Waals surface area contributed by atoms with E-state index >= 15 is 0 Å². The molecule has 0 atom stereocenters. The lowest BCUT2D eigenvalue weighted by Crippen LogP contribution is -1.94. The van der Waals surface area contributed by atoms with Crippen LogP contribution in [0.15, 0.2) is 274 Å². The Hall–Kier alpha value is -13.7. The molecule has 137 heavy (non-hydrogen) atoms. The molecule has 0 saturated carbocycles. The van der Waals surface area contributed by atoms with Crippen LogP contribution in [0.1, 0.15) is 208 Å². The van der Waals surface area contributed by atoms with Crippen LogP contribution in [0.5, 0.6) is 0 Å². The molecule has 14 aromatic heterocycles. The Labute approximate surface area is 816 Å². The van der Waals surface area contributed by atoms with E-state index in [0.29, 0.717) is 0 Å². The van der Waals surface area contributed by atoms with Gasteiger partial charge in [0.05, 0.1) is 38.6 Å². The normalized spacial score (nSPS) is 10.6. The fraction of sp³-hybridized carbons (Fsp3) is 0.317. The van der Waals surface area contributed by atoms with Crippen molar-refractivity contribution >= 4 is 152 Å². The molecule has 14 heteroatoms. The Balaban J connectivity index is 0.000000187. The smallest absolute Gasteiger partial charge is 0.0747 e. The van der Waals surface area contributed by atoms with Crippen LogP contribution >= 0.6 is 0 Å². The highest BCUT2D eigenvalue weighted by Gasteiger charge is 2.13. The maximum atomic E-state index is 4.69. The quantitative estimate of drug-likeness (QED) is 0.131. The Morgan fingerprint density at radius 1 is 0.161 bits per heavy atom. The maximum Gasteiger partial charge on any atom is 0.0747 e. The topological polar surface area (TPSA) is 180 Å². The van der Waals surface area contributed by atoms with Gasteiger partial charge in [-0.05, 0) is 200 Å². The summed E-state index contributed by atoms with van der Waals surface area (Å²) in [6.45, 7) is 67.9. The molecule has 0 fully saturated rings. The molecule has 7 aromatic carbocycles. The van der Waals surface area contributed by atoms with Crippen LogP contribution in [-0.4, -0.2) is 69.8 Å². The highest BCUT2D eigenvalue weighted by molar-refractivity contribution is 6.12. The van der Waals surface area contributed by atoms with E-state index in [2.05, 4.69) is 346 Å². The number of aromatic nitrogens is 14. The molecule has 0 spiro atoms. The monoisotopic (exact) mass is 1820 g/mol. The van der Waals surface area contributed by atoms with Gasteiger partial charge in [-0.15, -0.1) is 0 Å². The fourth-order valence-electron chi connectivity index (χ4n) is 14.7. The number of benzene rings is 7. The van der Waals surface area contributed by atoms with Crippen molar-refractivity contribution in [1.29, 1.82) is 0 Å². The Bertz CT molecular complexity index is 7250. The van der Waals surface area contributed by atoms with Gasteiger partial charge in [0, 0.05) is 222 Å². The van der Waals surface area contributed by atoms with Crippen LogP contribution in [0.4, 0.5) is 0 Å². The van der Waals surface area contributed by atoms with Crippen molar-refractivity contribution in [3.63, 3.8) is 0 Å². The van der Waals surface area contributed by atoms with Gasteiger partial charge in [0.2, 0.25) is 0 Å². The molecule has 21 rings (SSSR count). The SMILES string of the molecule is CC(C)C.CC(C)C.CC(C)C.CC(C)C.CC(C)C.CC(C)C.CC(C)C.Cc1cc2cnc3ccccc3c2c(C)n1.Cc1cc2cnc3ccccc3c2cn1.Cc1cc2nc(C)c3ccccc3c2c(C)n1.Cc1nc2ccccc2c2cnccc12.Cc1nc2ccnc(C)c2c2ccccc12.Cc1nc2ccncc2c2ccccc12.Cc1nccc2cnc3ccccc3c12. The summed E-state index contributed by atoms with van der Waals surface area (Å²) in [4.78, 5) is 62.2. The summed E-state index contributed by atoms with van der Waals surface area (Å²) in [5.74, 6) is 5.83. The highest BCUT2D eigenvalue weighted by atomic mass is 14.8. The van der Waals surface area contributed by atoms with Crippen LogP contribution in [0, 0.1) is 118 Å². The van der Waals surface area contributed by atoms with Crippen LogP contribution in [0.3, 0.4) is 0 Å². The van der Waals surface area contributed by atoms with Gasteiger partial charge in [0.1, 0.15) is 0 Å². The second-order valence-electron chi connectivity index (χ2n) is 39.3. The Morgan fingerprint density at radius 2 is 0.460 bits per heavy atom. The van der Waals surface area contributed by atoms with Gasteiger partial charge in [0.25, 0.3) is 0 Å². The minimum atomic E-state index is 0.833. The van der Waals surface area contributed by atoms with E-state index in [4.69, 9.17) is 0 Å². The van der Waals surface area contributed by atoms with Crippen LogP contribution < -0.4 is 0 Å². The first kappa shape index (κ1) is 109. The first-order chi connectivity index (χ1) is 65.2. The van der Waals surface area contributed by atoms with Gasteiger partial charge in [-0.2, -0.15) is 0 Å². The molecule has 0 radical (unpaired) electrons. The van der Waals surface area contributed by atoms with Crippen molar-refractivity contribution in [2.24, 2.45) is 41.4 Å². The molecule has 0 saturated heterocycles. The van der Waals surface area contributed by atoms with E-state index in [1.807, 2.05) is 213 Å². The van der Waals surface area contributed by atoms with Crippen molar-refractivity contribution in [1.82, 2.24) is 69.8 Å². The number of nitrogens with zero attached hydrogens (tertiary/aromatic N) is 14. The summed E-state index contributed by atoms with van der Waals surface area (Å²) in [6, 6.07) is 71.9. The zero-order valence-corrected chi connectivity index (χ0v) is 87.8. The lowest BCUT2D eigenvalue weighted by Gasteiger charge is -2.09. The van der Waals surface area contributed by atoms with Gasteiger partial charge in [-0.1, -0.05) is 291 Å². The van der Waals surface area contributed by atoms with Crippen LogP contribution in [0.25, 0.3) is 152 Å². The van der Waals surface area contributed by atoms with Crippen LogP contribution in [0.2, 0.25) is 0 Å². The predicted molar refractivity (Wildman–Crippen MR) is 595 cm³/mol. The van der Waals surface area contributed by atoms with E-state index in [0.717, 1.165) is 159 Å². The zero-order chi connectivity index (χ0) is 100. The van der Waals surface area contributed by atoms with Crippen molar-refractivity contribution in [3.8, 4) is 0 Å². The Morgan fingerprint density at radius 3 is 0.942 bits per heavy atom. The average Bonchev–Trinajstić information content (AvgIpc) is 0.459. The zero-order valence-electron chi connectivity index (χ0n) is 87.8. The number of para-hydroxylation sites is 4. The number of pyridine rings is 14. The van der Waals surface area contributed by atoms with E-state index in [9.17, 15) is 0 Å². The number of aryl methyl sites for hydroxylation is 11. The lowest BCUT2D eigenvalue weighted by atomic mass is 10.0. The summed E-state index contributed by atoms with van der Waals surface area (Å²) in [7, 11) is 0. The van der Waals surface area contributed by atoms with E-state index in [-0.39, 0.29) is 0 Å². The predicted octanol–water partition coefficient (Wildman–Crippen LogP) is 34.5. The molecule has 0 amide bonds. The van der Waals surface area contributed by atoms with Crippen LogP contribution in [-0.2, 0) is 0 Å². The third-order valence-electron chi connectivity index (χ3n) is 19.7. The first-order valence-corrected chi connectivity index (χ1v) is 48.5. The standard InChI is InChI=1S/C15H14N2.2C14H12N2.4C13H10N2.7C4H10/c1-9-8-14-15(11(3)16-9)13-7-5-4-6-12(13)10(2)17-14;1-9-7-11-8-15-13-6-4-3-5-12(13)14(11)10(2)16-9;1-9-11-5-3-4-6-12(11)14-10(2)15-8-7-13(14)16-9;1-9-6-10-7-15-13-5-3-2-4-11(13)12(10)8-14-9;1-9-10-6-7-14-8-12(10)11-4-2-3-5-13(11)15-9;1-9-13-10(6-7-14-9)8-15-12-5-3-2-4-11(12)13;1-9-10-4-2-3-5-11(10)12-8-14-7-6-13(12)15-9;7*1-4(2)3/h4-8H,1-3H3;2*3-8H,1-2H3;4*2-8H,1H3;7*4H,1-3H3. The highest BCUT2D eigenvalue weighted by Crippen LogP contribution is 2.33. The second-order valence-corrected chi connectivity index (χ2v) is 39.3. The van der Waals surface area contributed by atoms with E-state index in [1.54, 1.807) is 6.20 Å². The average molecular weight is 1820 g/mol. The first-order valence-electron chi connectivity index (χ1n) is 48.5. The van der Waals surface area contributed by atoms with Gasteiger partial charge in [-0.25, -0.2) is 0 Å². The van der Waals surface area contributed by atoms with Crippen molar-refractivity contribution in [3.05, 3.63) is 337 Å². The maximum absolute atomic E-state index is 4.69. The molecule has 0 aliphatic rings. The summed E-state index contributed by atoms with van der Waals surface area (Å²) in [5, 5.41) is 25.0. The molecule has 710 valence electrons. The van der Waals surface area contributed by atoms with Gasteiger partial charge >= 0.3 is 0 Å².